The highest BCUT2D eigenvalue weighted by Gasteiger charge is 2.12. The van der Waals surface area contributed by atoms with Gasteiger partial charge in [0, 0.05) is 17.9 Å². The molecule has 0 aliphatic rings. The smallest absolute Gasteiger partial charge is 0.257 e. The fourth-order valence-corrected chi connectivity index (χ4v) is 3.02. The number of para-hydroxylation sites is 2. The number of aromatic nitrogens is 1. The molecule has 0 saturated heterocycles. The molecule has 0 spiro atoms. The first-order chi connectivity index (χ1) is 10.8. The van der Waals surface area contributed by atoms with Gasteiger partial charge in [0.05, 0.1) is 0 Å². The number of hydrogen-bond acceptors (Lipinski definition) is 4. The van der Waals surface area contributed by atoms with E-state index in [1.54, 1.807) is 0 Å². The van der Waals surface area contributed by atoms with Gasteiger partial charge in [0.15, 0.2) is 5.58 Å². The number of benzene rings is 2. The largest absolute Gasteiger partial charge is 0.431 e. The summed E-state index contributed by atoms with van der Waals surface area (Å²) in [7, 11) is 0. The van der Waals surface area contributed by atoms with Crippen LogP contribution < -0.4 is 5.32 Å². The zero-order valence-corrected chi connectivity index (χ0v) is 13.0. The molecular formula is C17H16N2O2S. The molecule has 0 fully saturated rings. The van der Waals surface area contributed by atoms with Gasteiger partial charge in [-0.05, 0) is 30.7 Å². The lowest BCUT2D eigenvalue weighted by atomic mass is 10.1. The van der Waals surface area contributed by atoms with Crippen LogP contribution in [0.2, 0.25) is 0 Å². The maximum atomic E-state index is 12.1. The van der Waals surface area contributed by atoms with Crippen molar-refractivity contribution in [2.24, 2.45) is 0 Å². The molecule has 0 atom stereocenters. The average molecular weight is 312 g/mol. The van der Waals surface area contributed by atoms with E-state index in [1.807, 2.05) is 55.5 Å². The third kappa shape index (κ3) is 3.14. The molecule has 0 bridgehead atoms. The Labute approximate surface area is 132 Å². The molecule has 0 aliphatic carbocycles. The Morgan fingerprint density at radius 1 is 1.18 bits per heavy atom. The van der Waals surface area contributed by atoms with E-state index in [0.717, 1.165) is 16.7 Å². The van der Waals surface area contributed by atoms with Crippen molar-refractivity contribution in [1.29, 1.82) is 0 Å². The van der Waals surface area contributed by atoms with E-state index in [4.69, 9.17) is 4.42 Å². The van der Waals surface area contributed by atoms with Gasteiger partial charge in [-0.3, -0.25) is 4.79 Å². The van der Waals surface area contributed by atoms with Crippen LogP contribution in [0.15, 0.2) is 58.2 Å². The predicted molar refractivity (Wildman–Crippen MR) is 88.0 cm³/mol. The van der Waals surface area contributed by atoms with E-state index in [2.05, 4.69) is 10.3 Å². The Morgan fingerprint density at radius 2 is 1.95 bits per heavy atom. The molecule has 0 aliphatic heterocycles. The third-order valence-electron chi connectivity index (χ3n) is 3.22. The number of oxazole rings is 1. The Morgan fingerprint density at radius 3 is 2.77 bits per heavy atom. The standard InChI is InChI=1S/C17H16N2O2S/c1-2-18-16(20)13-8-4-3-7-12(13)11-22-17-19-14-9-5-6-10-15(14)21-17/h3-10H,2,11H2,1H3,(H,18,20). The molecule has 1 heterocycles. The number of hydrogen-bond donors (Lipinski definition) is 1. The van der Waals surface area contributed by atoms with E-state index in [1.165, 1.54) is 11.8 Å². The minimum atomic E-state index is -0.0451. The molecule has 0 saturated carbocycles. The number of fused-ring (bicyclic) bond motifs is 1. The Hall–Kier alpha value is -2.27. The van der Waals surface area contributed by atoms with Crippen molar-refractivity contribution in [3.05, 3.63) is 59.7 Å². The summed E-state index contributed by atoms with van der Waals surface area (Å²) < 4.78 is 5.69. The number of amides is 1. The maximum Gasteiger partial charge on any atom is 0.257 e. The van der Waals surface area contributed by atoms with E-state index in [0.29, 0.717) is 23.1 Å². The van der Waals surface area contributed by atoms with Crippen LogP contribution in [0.1, 0.15) is 22.8 Å². The van der Waals surface area contributed by atoms with Gasteiger partial charge in [0.2, 0.25) is 0 Å². The van der Waals surface area contributed by atoms with Crippen molar-refractivity contribution in [3.8, 4) is 0 Å². The molecule has 22 heavy (non-hydrogen) atoms. The first-order valence-electron chi connectivity index (χ1n) is 7.12. The van der Waals surface area contributed by atoms with Gasteiger partial charge in [-0.15, -0.1) is 0 Å². The lowest BCUT2D eigenvalue weighted by Gasteiger charge is -2.07. The fraction of sp³-hybridized carbons (Fsp3) is 0.176. The van der Waals surface area contributed by atoms with Crippen LogP contribution in [0, 0.1) is 0 Å². The topological polar surface area (TPSA) is 55.1 Å². The zero-order chi connectivity index (χ0) is 15.4. The molecule has 3 aromatic rings. The van der Waals surface area contributed by atoms with E-state index in [-0.39, 0.29) is 5.91 Å². The first kappa shape index (κ1) is 14.7. The van der Waals surface area contributed by atoms with Crippen molar-refractivity contribution in [3.63, 3.8) is 0 Å². The molecule has 2 aromatic carbocycles. The number of nitrogens with one attached hydrogen (secondary N) is 1. The van der Waals surface area contributed by atoms with E-state index >= 15 is 0 Å². The Bertz CT molecular complexity index is 765. The van der Waals surface area contributed by atoms with Crippen LogP contribution >= 0.6 is 11.8 Å². The minimum Gasteiger partial charge on any atom is -0.431 e. The number of carbonyl (C=O) groups excluding carboxylic acids is 1. The normalized spacial score (nSPS) is 10.8. The molecule has 0 unspecified atom stereocenters. The van der Waals surface area contributed by atoms with Gasteiger partial charge < -0.3 is 9.73 Å². The molecule has 4 nitrogen and oxygen atoms in total. The van der Waals surface area contributed by atoms with Crippen LogP contribution in [0.3, 0.4) is 0 Å². The molecule has 0 radical (unpaired) electrons. The zero-order valence-electron chi connectivity index (χ0n) is 12.2. The van der Waals surface area contributed by atoms with Gasteiger partial charge in [-0.1, -0.05) is 42.1 Å². The lowest BCUT2D eigenvalue weighted by Crippen LogP contribution is -2.23. The van der Waals surface area contributed by atoms with Gasteiger partial charge in [-0.2, -0.15) is 0 Å². The summed E-state index contributed by atoms with van der Waals surface area (Å²) in [5, 5.41) is 3.45. The summed E-state index contributed by atoms with van der Waals surface area (Å²) in [4.78, 5) is 16.5. The molecular weight excluding hydrogens is 296 g/mol. The highest BCUT2D eigenvalue weighted by Crippen LogP contribution is 2.27. The highest BCUT2D eigenvalue weighted by molar-refractivity contribution is 7.98. The summed E-state index contributed by atoms with van der Waals surface area (Å²) in [6.45, 7) is 2.53. The molecule has 3 rings (SSSR count). The Kier molecular flexibility index (Phi) is 4.44. The monoisotopic (exact) mass is 312 g/mol. The molecule has 1 aromatic heterocycles. The van der Waals surface area contributed by atoms with Crippen molar-refractivity contribution in [2.75, 3.05) is 6.54 Å². The van der Waals surface area contributed by atoms with Crippen LogP contribution in [0.25, 0.3) is 11.1 Å². The molecule has 1 N–H and O–H groups in total. The SMILES string of the molecule is CCNC(=O)c1ccccc1CSc1nc2ccccc2o1. The summed E-state index contributed by atoms with van der Waals surface area (Å²) in [6, 6.07) is 15.3. The summed E-state index contributed by atoms with van der Waals surface area (Å²) in [6.07, 6.45) is 0. The first-order valence-corrected chi connectivity index (χ1v) is 8.11. The van der Waals surface area contributed by atoms with Gasteiger partial charge in [0.25, 0.3) is 11.1 Å². The van der Waals surface area contributed by atoms with E-state index < -0.39 is 0 Å². The van der Waals surface area contributed by atoms with Crippen LogP contribution in [0.5, 0.6) is 0 Å². The minimum absolute atomic E-state index is 0.0451. The predicted octanol–water partition coefficient (Wildman–Crippen LogP) is 3.87. The number of nitrogens with zero attached hydrogens (tertiary/aromatic N) is 1. The van der Waals surface area contributed by atoms with E-state index in [9.17, 15) is 4.79 Å². The van der Waals surface area contributed by atoms with Gasteiger partial charge >= 0.3 is 0 Å². The van der Waals surface area contributed by atoms with Crippen LogP contribution in [0.4, 0.5) is 0 Å². The van der Waals surface area contributed by atoms with Gasteiger partial charge in [0.1, 0.15) is 5.52 Å². The number of thioether (sulfide) groups is 1. The van der Waals surface area contributed by atoms with Crippen LogP contribution in [-0.4, -0.2) is 17.4 Å². The quantitative estimate of drug-likeness (QED) is 0.727. The summed E-state index contributed by atoms with van der Waals surface area (Å²) >= 11 is 1.49. The molecule has 1 amide bonds. The fourth-order valence-electron chi connectivity index (χ4n) is 2.18. The second kappa shape index (κ2) is 6.66. The van der Waals surface area contributed by atoms with Crippen molar-refractivity contribution in [2.45, 2.75) is 17.9 Å². The third-order valence-corrected chi connectivity index (χ3v) is 4.10. The Balaban J connectivity index is 1.77. The van der Waals surface area contributed by atoms with Gasteiger partial charge in [-0.25, -0.2) is 4.98 Å². The molecule has 5 heteroatoms. The van der Waals surface area contributed by atoms with Crippen LogP contribution in [-0.2, 0) is 5.75 Å². The number of rotatable bonds is 5. The summed E-state index contributed by atoms with van der Waals surface area (Å²) in [5.74, 6) is 0.594. The second-order valence-corrected chi connectivity index (χ2v) is 5.68. The van der Waals surface area contributed by atoms with Crippen molar-refractivity contribution in [1.82, 2.24) is 10.3 Å². The van der Waals surface area contributed by atoms with Crippen molar-refractivity contribution >= 4 is 28.8 Å². The highest BCUT2D eigenvalue weighted by atomic mass is 32.2. The summed E-state index contributed by atoms with van der Waals surface area (Å²) in [5.41, 5.74) is 3.30. The van der Waals surface area contributed by atoms with Crippen molar-refractivity contribution < 1.29 is 9.21 Å². The lowest BCUT2D eigenvalue weighted by molar-refractivity contribution is 0.0955. The average Bonchev–Trinajstić information content (AvgIpc) is 2.96. The second-order valence-electron chi connectivity index (χ2n) is 4.75. The number of carbonyl (C=O) groups is 1. The maximum absolute atomic E-state index is 12.1. The molecule has 112 valence electrons.